The Morgan fingerprint density at radius 2 is 1.66 bits per heavy atom. The lowest BCUT2D eigenvalue weighted by Crippen LogP contribution is -2.47. The van der Waals surface area contributed by atoms with Crippen LogP contribution in [0.5, 0.6) is 5.75 Å². The molecule has 5 heteroatoms. The maximum atomic E-state index is 13.7. The van der Waals surface area contributed by atoms with Gasteiger partial charge >= 0.3 is 0 Å². The summed E-state index contributed by atoms with van der Waals surface area (Å²) in [5.74, 6) is 0.595. The molecule has 0 radical (unpaired) electrons. The SMILES string of the molecule is COc1ccccc1C(=O)N(c1ccc(C)cc1)C1CCN(Cc2ccc(Cl)cc2)CC1. The first kappa shape index (κ1) is 22.4. The molecule has 1 saturated heterocycles. The molecule has 0 spiro atoms. The third-order valence-corrected chi connectivity index (χ3v) is 6.36. The summed E-state index contributed by atoms with van der Waals surface area (Å²) >= 11 is 6.02. The predicted octanol–water partition coefficient (Wildman–Crippen LogP) is 5.97. The molecule has 0 N–H and O–H groups in total. The highest BCUT2D eigenvalue weighted by Gasteiger charge is 2.31. The number of hydrogen-bond donors (Lipinski definition) is 0. The average Bonchev–Trinajstić information content (AvgIpc) is 2.83. The molecule has 0 bridgehead atoms. The second-order valence-electron chi connectivity index (χ2n) is 8.34. The highest BCUT2D eigenvalue weighted by Crippen LogP contribution is 2.29. The zero-order valence-electron chi connectivity index (χ0n) is 18.6. The molecule has 3 aromatic rings. The molecule has 4 nitrogen and oxygen atoms in total. The van der Waals surface area contributed by atoms with Crippen LogP contribution in [-0.4, -0.2) is 37.0 Å². The van der Waals surface area contributed by atoms with E-state index in [1.54, 1.807) is 7.11 Å². The van der Waals surface area contributed by atoms with Gasteiger partial charge in [0.2, 0.25) is 0 Å². The number of hydrogen-bond acceptors (Lipinski definition) is 3. The maximum Gasteiger partial charge on any atom is 0.262 e. The van der Waals surface area contributed by atoms with E-state index in [1.165, 1.54) is 11.1 Å². The van der Waals surface area contributed by atoms with Gasteiger partial charge in [-0.2, -0.15) is 0 Å². The Kier molecular flexibility index (Phi) is 7.13. The van der Waals surface area contributed by atoms with E-state index >= 15 is 0 Å². The number of para-hydroxylation sites is 1. The van der Waals surface area contributed by atoms with Crippen molar-refractivity contribution in [3.05, 3.63) is 94.5 Å². The molecule has 1 aliphatic rings. The van der Waals surface area contributed by atoms with Gasteiger partial charge in [-0.3, -0.25) is 9.69 Å². The van der Waals surface area contributed by atoms with Gasteiger partial charge in [-0.05, 0) is 61.7 Å². The lowest BCUT2D eigenvalue weighted by atomic mass is 9.99. The summed E-state index contributed by atoms with van der Waals surface area (Å²) in [6.07, 6.45) is 1.84. The van der Waals surface area contributed by atoms with Crippen LogP contribution in [0, 0.1) is 6.92 Å². The van der Waals surface area contributed by atoms with Gasteiger partial charge in [0, 0.05) is 36.4 Å². The van der Waals surface area contributed by atoms with Gasteiger partial charge in [0.15, 0.2) is 0 Å². The van der Waals surface area contributed by atoms with Crippen molar-refractivity contribution in [1.29, 1.82) is 0 Å². The number of methoxy groups -OCH3 is 1. The van der Waals surface area contributed by atoms with Crippen molar-refractivity contribution in [1.82, 2.24) is 4.90 Å². The van der Waals surface area contributed by atoms with Crippen LogP contribution in [0.15, 0.2) is 72.8 Å². The second-order valence-corrected chi connectivity index (χ2v) is 8.78. The standard InChI is InChI=1S/C27H29ClN2O2/c1-20-7-13-23(14-8-20)30(27(31)25-5-3-4-6-26(25)32-2)24-15-17-29(18-16-24)19-21-9-11-22(28)12-10-21/h3-14,24H,15-19H2,1-2H3. The fourth-order valence-corrected chi connectivity index (χ4v) is 4.46. The molecule has 3 aromatic carbocycles. The number of nitrogens with zero attached hydrogens (tertiary/aromatic N) is 2. The van der Waals surface area contributed by atoms with Crippen LogP contribution >= 0.6 is 11.6 Å². The quantitative estimate of drug-likeness (QED) is 0.465. The number of benzene rings is 3. The van der Waals surface area contributed by atoms with E-state index in [-0.39, 0.29) is 11.9 Å². The molecule has 1 heterocycles. The number of anilines is 1. The topological polar surface area (TPSA) is 32.8 Å². The van der Waals surface area contributed by atoms with Crippen LogP contribution in [0.1, 0.15) is 34.3 Å². The van der Waals surface area contributed by atoms with E-state index in [4.69, 9.17) is 16.3 Å². The zero-order chi connectivity index (χ0) is 22.5. The van der Waals surface area contributed by atoms with E-state index in [0.29, 0.717) is 11.3 Å². The largest absolute Gasteiger partial charge is 0.496 e. The van der Waals surface area contributed by atoms with Gasteiger partial charge < -0.3 is 9.64 Å². The minimum atomic E-state index is -0.0116. The van der Waals surface area contributed by atoms with Crippen molar-refractivity contribution >= 4 is 23.2 Å². The van der Waals surface area contributed by atoms with Crippen LogP contribution in [0.4, 0.5) is 5.69 Å². The first-order valence-electron chi connectivity index (χ1n) is 11.0. The number of rotatable bonds is 6. The van der Waals surface area contributed by atoms with Crippen molar-refractivity contribution in [3.8, 4) is 5.75 Å². The Morgan fingerprint density at radius 3 is 2.31 bits per heavy atom. The van der Waals surface area contributed by atoms with Gasteiger partial charge in [-0.15, -0.1) is 0 Å². The molecule has 0 saturated carbocycles. The van der Waals surface area contributed by atoms with Gasteiger partial charge in [-0.1, -0.05) is 53.6 Å². The third-order valence-electron chi connectivity index (χ3n) is 6.11. The summed E-state index contributed by atoms with van der Waals surface area (Å²) in [6.45, 7) is 4.84. The molecule has 0 unspecified atom stereocenters. The van der Waals surface area contributed by atoms with Crippen molar-refractivity contribution in [2.45, 2.75) is 32.4 Å². The third kappa shape index (κ3) is 5.14. The Hall–Kier alpha value is -2.82. The maximum absolute atomic E-state index is 13.7. The average molecular weight is 449 g/mol. The number of amides is 1. The zero-order valence-corrected chi connectivity index (χ0v) is 19.4. The van der Waals surface area contributed by atoms with E-state index in [0.717, 1.165) is 43.2 Å². The lowest BCUT2D eigenvalue weighted by molar-refractivity contribution is 0.0955. The van der Waals surface area contributed by atoms with Crippen LogP contribution in [0.2, 0.25) is 5.02 Å². The van der Waals surface area contributed by atoms with Crippen molar-refractivity contribution in [3.63, 3.8) is 0 Å². The Morgan fingerprint density at radius 1 is 1.00 bits per heavy atom. The summed E-state index contributed by atoms with van der Waals surface area (Å²) in [4.78, 5) is 18.1. The first-order valence-corrected chi connectivity index (χ1v) is 11.4. The van der Waals surface area contributed by atoms with Crippen molar-refractivity contribution in [2.75, 3.05) is 25.1 Å². The number of ether oxygens (including phenoxy) is 1. The summed E-state index contributed by atoms with van der Waals surface area (Å²) in [6, 6.07) is 23.9. The Labute approximate surface area is 195 Å². The molecule has 166 valence electrons. The minimum Gasteiger partial charge on any atom is -0.496 e. The van der Waals surface area contributed by atoms with Crippen LogP contribution < -0.4 is 9.64 Å². The monoisotopic (exact) mass is 448 g/mol. The summed E-state index contributed by atoms with van der Waals surface area (Å²) in [5.41, 5.74) is 3.96. The van der Waals surface area contributed by atoms with Crippen molar-refractivity contribution < 1.29 is 9.53 Å². The van der Waals surface area contributed by atoms with E-state index in [2.05, 4.69) is 36.1 Å². The minimum absolute atomic E-state index is 0.0116. The smallest absolute Gasteiger partial charge is 0.262 e. The van der Waals surface area contributed by atoms with Crippen LogP contribution in [0.25, 0.3) is 0 Å². The van der Waals surface area contributed by atoms with Gasteiger partial charge in [0.05, 0.1) is 12.7 Å². The molecule has 0 aromatic heterocycles. The molecule has 0 aliphatic carbocycles. The fourth-order valence-electron chi connectivity index (χ4n) is 4.33. The molecular weight excluding hydrogens is 420 g/mol. The number of aryl methyl sites for hydroxylation is 1. The molecule has 1 aliphatic heterocycles. The number of carbonyl (C=O) groups is 1. The van der Waals surface area contributed by atoms with Gasteiger partial charge in [0.1, 0.15) is 5.75 Å². The molecule has 32 heavy (non-hydrogen) atoms. The highest BCUT2D eigenvalue weighted by atomic mass is 35.5. The molecule has 0 atom stereocenters. The predicted molar refractivity (Wildman–Crippen MR) is 131 cm³/mol. The highest BCUT2D eigenvalue weighted by molar-refractivity contribution is 6.30. The fraction of sp³-hybridized carbons (Fsp3) is 0.296. The van der Waals surface area contributed by atoms with E-state index in [9.17, 15) is 4.79 Å². The number of likely N-dealkylation sites (tertiary alicyclic amines) is 1. The van der Waals surface area contributed by atoms with Crippen molar-refractivity contribution in [2.24, 2.45) is 0 Å². The Balaban J connectivity index is 1.54. The Bertz CT molecular complexity index is 1040. The number of piperidine rings is 1. The summed E-state index contributed by atoms with van der Waals surface area (Å²) in [5, 5.41) is 0.760. The molecule has 1 amide bonds. The number of halogens is 1. The second kappa shape index (κ2) is 10.2. The van der Waals surface area contributed by atoms with Gasteiger partial charge in [-0.25, -0.2) is 0 Å². The summed E-state index contributed by atoms with van der Waals surface area (Å²) in [7, 11) is 1.61. The lowest BCUT2D eigenvalue weighted by Gasteiger charge is -2.39. The van der Waals surface area contributed by atoms with E-state index < -0.39 is 0 Å². The molecule has 1 fully saturated rings. The van der Waals surface area contributed by atoms with Gasteiger partial charge in [0.25, 0.3) is 5.91 Å². The molecule has 4 rings (SSSR count). The first-order chi connectivity index (χ1) is 15.5. The van der Waals surface area contributed by atoms with E-state index in [1.807, 2.05) is 53.4 Å². The summed E-state index contributed by atoms with van der Waals surface area (Å²) < 4.78 is 5.49. The normalized spacial score (nSPS) is 14.8. The van der Waals surface area contributed by atoms with Crippen LogP contribution in [0.3, 0.4) is 0 Å². The number of carbonyl (C=O) groups excluding carboxylic acids is 1. The van der Waals surface area contributed by atoms with Crippen LogP contribution in [-0.2, 0) is 6.54 Å². The molecular formula is C27H29ClN2O2.